The fourth-order valence-corrected chi connectivity index (χ4v) is 8.02. The molecule has 2 aromatic rings. The molecule has 2 unspecified atom stereocenters. The number of carbonyl (C=O) groups is 2. The summed E-state index contributed by atoms with van der Waals surface area (Å²) >= 11 is 3.10. The van der Waals surface area contributed by atoms with Gasteiger partial charge in [0, 0.05) is 22.6 Å². The first-order chi connectivity index (χ1) is 17.5. The zero-order valence-corrected chi connectivity index (χ0v) is 22.8. The summed E-state index contributed by atoms with van der Waals surface area (Å²) in [6, 6.07) is 4.60. The van der Waals surface area contributed by atoms with Crippen LogP contribution in [-0.2, 0) is 35.3 Å². The van der Waals surface area contributed by atoms with E-state index in [1.165, 1.54) is 9.75 Å². The third-order valence-corrected chi connectivity index (χ3v) is 10.0. The van der Waals surface area contributed by atoms with Crippen LogP contribution in [0.3, 0.4) is 0 Å². The number of nitriles is 2. The normalized spacial score (nSPS) is 18.4. The van der Waals surface area contributed by atoms with E-state index in [0.717, 1.165) is 62.5 Å². The lowest BCUT2D eigenvalue weighted by molar-refractivity contribution is -0.118. The third-order valence-electron chi connectivity index (χ3n) is 7.68. The van der Waals surface area contributed by atoms with Gasteiger partial charge in [0.2, 0.25) is 11.8 Å². The van der Waals surface area contributed by atoms with Crippen LogP contribution in [0.15, 0.2) is 0 Å². The summed E-state index contributed by atoms with van der Waals surface area (Å²) < 4.78 is 0. The Labute approximate surface area is 221 Å². The summed E-state index contributed by atoms with van der Waals surface area (Å²) in [6.07, 6.45) is 10.1. The second kappa shape index (κ2) is 12.0. The van der Waals surface area contributed by atoms with Crippen LogP contribution in [-0.4, -0.2) is 11.8 Å². The van der Waals surface area contributed by atoms with Crippen LogP contribution >= 0.6 is 22.7 Å². The fourth-order valence-electron chi connectivity index (χ4n) is 5.37. The first kappa shape index (κ1) is 26.4. The Morgan fingerprint density at radius 1 is 0.806 bits per heavy atom. The van der Waals surface area contributed by atoms with Crippen LogP contribution in [0, 0.1) is 34.5 Å². The SMILES string of the molecule is CCC1CCc2c(sc(NC(=O)CCCCC(=O)Nc3sc4c(c3C#N)CCC(CC)C4)c2C#N)C1. The standard InChI is InChI=1S/C28H34N4O2S2/c1-3-17-9-11-19-21(15-29)27(35-23(19)13-17)31-25(33)7-5-6-8-26(34)32-28-22(16-30)20-12-10-18(4-2)14-24(20)36-28/h17-18H,3-14H2,1-2H3,(H,31,33)(H,32,34). The molecule has 2 aliphatic carbocycles. The summed E-state index contributed by atoms with van der Waals surface area (Å²) in [6.45, 7) is 4.41. The number of carbonyl (C=O) groups excluding carboxylic acids is 2. The van der Waals surface area contributed by atoms with Gasteiger partial charge in [-0.05, 0) is 74.3 Å². The quantitative estimate of drug-likeness (QED) is 0.357. The average Bonchev–Trinajstić information content (AvgIpc) is 3.41. The molecule has 2 N–H and O–H groups in total. The number of unbranched alkanes of at least 4 members (excludes halogenated alkanes) is 1. The lowest BCUT2D eigenvalue weighted by Crippen LogP contribution is -2.14. The molecule has 0 spiro atoms. The summed E-state index contributed by atoms with van der Waals surface area (Å²) in [5.74, 6) is 1.10. The van der Waals surface area contributed by atoms with Crippen molar-refractivity contribution >= 4 is 44.5 Å². The number of nitrogens with one attached hydrogen (secondary N) is 2. The van der Waals surface area contributed by atoms with Gasteiger partial charge in [-0.15, -0.1) is 22.7 Å². The minimum absolute atomic E-state index is 0.110. The number of nitrogens with zero attached hydrogens (tertiary/aromatic N) is 2. The highest BCUT2D eigenvalue weighted by Gasteiger charge is 2.27. The molecule has 0 radical (unpaired) electrons. The molecular formula is C28H34N4O2S2. The predicted octanol–water partition coefficient (Wildman–Crippen LogP) is 6.72. The number of fused-ring (bicyclic) bond motifs is 2. The lowest BCUT2D eigenvalue weighted by atomic mass is 9.86. The van der Waals surface area contributed by atoms with Crippen LogP contribution < -0.4 is 10.6 Å². The molecule has 6 nitrogen and oxygen atoms in total. The van der Waals surface area contributed by atoms with Gasteiger partial charge in [-0.2, -0.15) is 10.5 Å². The maximum absolute atomic E-state index is 12.5. The summed E-state index contributed by atoms with van der Waals surface area (Å²) in [7, 11) is 0. The second-order valence-corrected chi connectivity index (χ2v) is 12.2. The molecule has 0 aliphatic heterocycles. The highest BCUT2D eigenvalue weighted by Crippen LogP contribution is 2.41. The highest BCUT2D eigenvalue weighted by atomic mass is 32.1. The van der Waals surface area contributed by atoms with Gasteiger partial charge in [0.25, 0.3) is 0 Å². The van der Waals surface area contributed by atoms with E-state index in [9.17, 15) is 20.1 Å². The average molecular weight is 523 g/mol. The molecule has 2 aromatic heterocycles. The molecule has 0 saturated carbocycles. The molecule has 0 fully saturated rings. The molecule has 4 rings (SSSR count). The van der Waals surface area contributed by atoms with Gasteiger partial charge in [0.1, 0.15) is 22.1 Å². The summed E-state index contributed by atoms with van der Waals surface area (Å²) in [5.41, 5.74) is 3.51. The Balaban J connectivity index is 1.25. The number of anilines is 2. The van der Waals surface area contributed by atoms with Gasteiger partial charge in [0.15, 0.2) is 0 Å². The van der Waals surface area contributed by atoms with Crippen LogP contribution in [0.5, 0.6) is 0 Å². The molecule has 2 aliphatic rings. The van der Waals surface area contributed by atoms with E-state index in [0.29, 0.717) is 58.6 Å². The zero-order valence-electron chi connectivity index (χ0n) is 21.2. The van der Waals surface area contributed by atoms with Gasteiger partial charge >= 0.3 is 0 Å². The van der Waals surface area contributed by atoms with Gasteiger partial charge in [-0.1, -0.05) is 26.7 Å². The first-order valence-electron chi connectivity index (χ1n) is 13.2. The molecule has 2 heterocycles. The van der Waals surface area contributed by atoms with Gasteiger partial charge in [-0.25, -0.2) is 0 Å². The second-order valence-electron chi connectivity index (χ2n) is 9.98. The van der Waals surface area contributed by atoms with Crippen molar-refractivity contribution in [2.75, 3.05) is 10.6 Å². The third kappa shape index (κ3) is 5.82. The van der Waals surface area contributed by atoms with E-state index in [-0.39, 0.29) is 11.8 Å². The van der Waals surface area contributed by atoms with Crippen LogP contribution in [0.4, 0.5) is 10.0 Å². The number of hydrogen-bond acceptors (Lipinski definition) is 6. The molecule has 0 bridgehead atoms. The van der Waals surface area contributed by atoms with E-state index >= 15 is 0 Å². The van der Waals surface area contributed by atoms with E-state index < -0.39 is 0 Å². The molecule has 0 aromatic carbocycles. The van der Waals surface area contributed by atoms with Gasteiger partial charge in [-0.3, -0.25) is 9.59 Å². The van der Waals surface area contributed by atoms with Crippen molar-refractivity contribution in [1.82, 2.24) is 0 Å². The zero-order chi connectivity index (χ0) is 25.7. The molecular weight excluding hydrogens is 488 g/mol. The summed E-state index contributed by atoms with van der Waals surface area (Å²) in [4.78, 5) is 27.6. The highest BCUT2D eigenvalue weighted by molar-refractivity contribution is 7.17. The van der Waals surface area contributed by atoms with Crippen molar-refractivity contribution in [3.05, 3.63) is 32.0 Å². The molecule has 2 atom stereocenters. The number of thiophene rings is 2. The molecule has 36 heavy (non-hydrogen) atoms. The van der Waals surface area contributed by atoms with E-state index in [2.05, 4.69) is 36.6 Å². The van der Waals surface area contributed by atoms with E-state index in [1.54, 1.807) is 22.7 Å². The Kier molecular flexibility index (Phi) is 8.82. The molecule has 0 saturated heterocycles. The lowest BCUT2D eigenvalue weighted by Gasteiger charge is -2.20. The Morgan fingerprint density at radius 3 is 1.58 bits per heavy atom. The maximum Gasteiger partial charge on any atom is 0.225 e. The van der Waals surface area contributed by atoms with Crippen molar-refractivity contribution in [1.29, 1.82) is 10.5 Å². The van der Waals surface area contributed by atoms with Gasteiger partial charge in [0.05, 0.1) is 11.1 Å². The molecule has 8 heteroatoms. The van der Waals surface area contributed by atoms with Crippen LogP contribution in [0.1, 0.15) is 97.2 Å². The topological polar surface area (TPSA) is 106 Å². The summed E-state index contributed by atoms with van der Waals surface area (Å²) in [5, 5.41) is 26.6. The number of hydrogen-bond donors (Lipinski definition) is 2. The van der Waals surface area contributed by atoms with Crippen molar-refractivity contribution < 1.29 is 9.59 Å². The Morgan fingerprint density at radius 2 is 1.22 bits per heavy atom. The number of amides is 2. The molecule has 2 amide bonds. The maximum atomic E-state index is 12.5. The van der Waals surface area contributed by atoms with Crippen LogP contribution in [0.2, 0.25) is 0 Å². The van der Waals surface area contributed by atoms with Gasteiger partial charge < -0.3 is 10.6 Å². The largest absolute Gasteiger partial charge is 0.317 e. The van der Waals surface area contributed by atoms with E-state index in [1.807, 2.05) is 0 Å². The monoisotopic (exact) mass is 522 g/mol. The molecule has 190 valence electrons. The van der Waals surface area contributed by atoms with Crippen molar-refractivity contribution in [3.8, 4) is 12.1 Å². The smallest absolute Gasteiger partial charge is 0.225 e. The van der Waals surface area contributed by atoms with Crippen LogP contribution in [0.25, 0.3) is 0 Å². The van der Waals surface area contributed by atoms with Crippen molar-refractivity contribution in [2.45, 2.75) is 90.9 Å². The van der Waals surface area contributed by atoms with E-state index in [4.69, 9.17) is 0 Å². The van der Waals surface area contributed by atoms with Crippen molar-refractivity contribution in [3.63, 3.8) is 0 Å². The fraction of sp³-hybridized carbons (Fsp3) is 0.571. The minimum atomic E-state index is -0.110. The Bertz CT molecular complexity index is 1120. The Hall–Kier alpha value is -2.68. The minimum Gasteiger partial charge on any atom is -0.317 e. The predicted molar refractivity (Wildman–Crippen MR) is 145 cm³/mol. The first-order valence-corrected chi connectivity index (χ1v) is 14.8. The number of rotatable bonds is 9. The van der Waals surface area contributed by atoms with Crippen molar-refractivity contribution in [2.24, 2.45) is 11.8 Å².